The zero-order valence-electron chi connectivity index (χ0n) is 6.20. The van der Waals surface area contributed by atoms with Gasteiger partial charge >= 0.3 is 6.09 Å². The summed E-state index contributed by atoms with van der Waals surface area (Å²) in [5, 5.41) is 2.70. The Morgan fingerprint density at radius 3 is 3.27 bits per heavy atom. The second-order valence-corrected chi connectivity index (χ2v) is 2.81. The summed E-state index contributed by atoms with van der Waals surface area (Å²) in [5.41, 5.74) is 1.16. The second-order valence-electron chi connectivity index (χ2n) is 2.81. The molecule has 0 aromatic heterocycles. The first kappa shape index (κ1) is 6.46. The lowest BCUT2D eigenvalue weighted by Crippen LogP contribution is -2.29. The van der Waals surface area contributed by atoms with Crippen LogP contribution in [0.4, 0.5) is 4.79 Å². The topological polar surface area (TPSA) is 38.3 Å². The minimum atomic E-state index is -0.324. The molecule has 1 aliphatic carbocycles. The third-order valence-electron chi connectivity index (χ3n) is 1.87. The van der Waals surface area contributed by atoms with Crippen molar-refractivity contribution < 1.29 is 9.53 Å². The van der Waals surface area contributed by atoms with Crippen molar-refractivity contribution >= 4 is 6.09 Å². The number of hydrogen-bond acceptors (Lipinski definition) is 2. The van der Waals surface area contributed by atoms with Gasteiger partial charge in [0.15, 0.2) is 0 Å². The molecule has 0 aromatic rings. The van der Waals surface area contributed by atoms with Gasteiger partial charge in [0, 0.05) is 0 Å². The van der Waals surface area contributed by atoms with Crippen molar-refractivity contribution in [2.24, 2.45) is 0 Å². The average Bonchev–Trinajstić information content (AvgIpc) is 2.27. The first-order chi connectivity index (χ1) is 5.25. The lowest BCUT2D eigenvalue weighted by atomic mass is 10.0. The summed E-state index contributed by atoms with van der Waals surface area (Å²) in [6.07, 6.45) is 5.44. The van der Waals surface area contributed by atoms with Crippen molar-refractivity contribution in [3.05, 3.63) is 23.8 Å². The Kier molecular flexibility index (Phi) is 1.24. The summed E-state index contributed by atoms with van der Waals surface area (Å²) in [6.45, 7) is 2.00. The largest absolute Gasteiger partial charge is 0.439 e. The lowest BCUT2D eigenvalue weighted by Gasteiger charge is -2.13. The predicted octanol–water partition coefficient (Wildman–Crippen LogP) is 0.980. The molecule has 11 heavy (non-hydrogen) atoms. The van der Waals surface area contributed by atoms with Gasteiger partial charge in [-0.1, -0.05) is 17.7 Å². The smallest absolute Gasteiger partial charge is 0.408 e. The van der Waals surface area contributed by atoms with Gasteiger partial charge in [0.05, 0.1) is 6.04 Å². The number of nitrogens with one attached hydrogen (secondary N) is 1. The molecule has 1 aliphatic heterocycles. The van der Waals surface area contributed by atoms with E-state index in [4.69, 9.17) is 4.74 Å². The Hall–Kier alpha value is -1.25. The normalized spacial score (nSPS) is 33.9. The molecule has 2 atom stereocenters. The van der Waals surface area contributed by atoms with Crippen molar-refractivity contribution in [1.29, 1.82) is 0 Å². The molecule has 3 nitrogen and oxygen atoms in total. The van der Waals surface area contributed by atoms with E-state index in [1.54, 1.807) is 0 Å². The van der Waals surface area contributed by atoms with Gasteiger partial charge in [0.25, 0.3) is 0 Å². The molecule has 0 radical (unpaired) electrons. The number of amides is 1. The molecule has 1 N–H and O–H groups in total. The van der Waals surface area contributed by atoms with Crippen LogP contribution in [0.15, 0.2) is 23.8 Å². The van der Waals surface area contributed by atoms with E-state index in [9.17, 15) is 4.79 Å². The second kappa shape index (κ2) is 2.12. The van der Waals surface area contributed by atoms with Crippen LogP contribution in [-0.4, -0.2) is 18.2 Å². The van der Waals surface area contributed by atoms with Crippen LogP contribution < -0.4 is 5.32 Å². The minimum absolute atomic E-state index is 0.0486. The Balaban J connectivity index is 2.23. The van der Waals surface area contributed by atoms with Crippen LogP contribution in [0.3, 0.4) is 0 Å². The van der Waals surface area contributed by atoms with Crippen LogP contribution >= 0.6 is 0 Å². The average molecular weight is 151 g/mol. The number of alkyl carbamates (subject to hydrolysis) is 1. The maximum absolute atomic E-state index is 10.7. The number of rotatable bonds is 0. The van der Waals surface area contributed by atoms with Crippen LogP contribution in [0.5, 0.6) is 0 Å². The third-order valence-corrected chi connectivity index (χ3v) is 1.87. The number of allylic oxidation sites excluding steroid dienone is 2. The van der Waals surface area contributed by atoms with Crippen molar-refractivity contribution in [3.8, 4) is 0 Å². The van der Waals surface area contributed by atoms with Gasteiger partial charge in [-0.05, 0) is 13.0 Å². The highest BCUT2D eigenvalue weighted by molar-refractivity contribution is 5.71. The predicted molar refractivity (Wildman–Crippen MR) is 40.1 cm³/mol. The first-order valence-electron chi connectivity index (χ1n) is 3.59. The summed E-state index contributed by atoms with van der Waals surface area (Å²) in [6, 6.07) is 0.0486. The van der Waals surface area contributed by atoms with Crippen LogP contribution in [0, 0.1) is 0 Å². The number of hydrogen-bond donors (Lipinski definition) is 1. The van der Waals surface area contributed by atoms with Gasteiger partial charge in [0.1, 0.15) is 6.10 Å². The fraction of sp³-hybridized carbons (Fsp3) is 0.375. The molecular weight excluding hydrogens is 142 g/mol. The molecule has 0 aromatic carbocycles. The Bertz CT molecular complexity index is 255. The molecular formula is C8H9NO2. The Morgan fingerprint density at radius 2 is 2.45 bits per heavy atom. The molecule has 1 saturated heterocycles. The summed E-state index contributed by atoms with van der Waals surface area (Å²) in [7, 11) is 0. The zero-order valence-corrected chi connectivity index (χ0v) is 6.20. The van der Waals surface area contributed by atoms with Gasteiger partial charge in [0.2, 0.25) is 0 Å². The van der Waals surface area contributed by atoms with Crippen molar-refractivity contribution in [1.82, 2.24) is 5.32 Å². The van der Waals surface area contributed by atoms with E-state index in [1.807, 2.05) is 25.2 Å². The molecule has 2 rings (SSSR count). The molecule has 0 spiro atoms. The number of carbonyl (C=O) groups is 1. The van der Waals surface area contributed by atoms with Crippen molar-refractivity contribution in [3.63, 3.8) is 0 Å². The van der Waals surface area contributed by atoms with E-state index >= 15 is 0 Å². The fourth-order valence-corrected chi connectivity index (χ4v) is 1.33. The molecule has 58 valence electrons. The highest BCUT2D eigenvalue weighted by Crippen LogP contribution is 2.18. The molecule has 0 saturated carbocycles. The van der Waals surface area contributed by atoms with E-state index in [-0.39, 0.29) is 18.2 Å². The Morgan fingerprint density at radius 1 is 1.64 bits per heavy atom. The van der Waals surface area contributed by atoms with Gasteiger partial charge in [-0.15, -0.1) is 0 Å². The Labute approximate surface area is 64.7 Å². The maximum atomic E-state index is 10.7. The third kappa shape index (κ3) is 1.02. The van der Waals surface area contributed by atoms with E-state index in [1.165, 1.54) is 0 Å². The zero-order chi connectivity index (χ0) is 7.84. The molecule has 3 heteroatoms. The number of fused-ring (bicyclic) bond motifs is 1. The molecule has 1 amide bonds. The van der Waals surface area contributed by atoms with E-state index in [0.717, 1.165) is 5.57 Å². The number of carbonyl (C=O) groups excluding carboxylic acids is 1. The summed E-state index contributed by atoms with van der Waals surface area (Å²) >= 11 is 0. The summed E-state index contributed by atoms with van der Waals surface area (Å²) in [5.74, 6) is 0. The summed E-state index contributed by atoms with van der Waals surface area (Å²) < 4.78 is 4.93. The molecule has 2 aliphatic rings. The fourth-order valence-electron chi connectivity index (χ4n) is 1.33. The van der Waals surface area contributed by atoms with Crippen LogP contribution in [-0.2, 0) is 4.74 Å². The minimum Gasteiger partial charge on any atom is -0.439 e. The van der Waals surface area contributed by atoms with E-state index in [2.05, 4.69) is 5.32 Å². The van der Waals surface area contributed by atoms with Crippen LogP contribution in [0.1, 0.15) is 6.92 Å². The molecule has 0 bridgehead atoms. The van der Waals surface area contributed by atoms with Gasteiger partial charge in [-0.2, -0.15) is 0 Å². The highest BCUT2D eigenvalue weighted by atomic mass is 16.6. The van der Waals surface area contributed by atoms with Crippen LogP contribution in [0.2, 0.25) is 0 Å². The maximum Gasteiger partial charge on any atom is 0.408 e. The molecule has 2 unspecified atom stereocenters. The van der Waals surface area contributed by atoms with Gasteiger partial charge < -0.3 is 10.1 Å². The highest BCUT2D eigenvalue weighted by Gasteiger charge is 2.31. The molecule has 1 heterocycles. The van der Waals surface area contributed by atoms with Gasteiger partial charge in [-0.3, -0.25) is 0 Å². The van der Waals surface area contributed by atoms with Crippen molar-refractivity contribution in [2.45, 2.75) is 19.1 Å². The lowest BCUT2D eigenvalue weighted by molar-refractivity contribution is 0.155. The molecule has 1 fully saturated rings. The number of ether oxygens (including phenoxy) is 1. The van der Waals surface area contributed by atoms with Crippen LogP contribution in [0.25, 0.3) is 0 Å². The van der Waals surface area contributed by atoms with Gasteiger partial charge in [-0.25, -0.2) is 4.79 Å². The SMILES string of the molecule is CC1=CC2NC(=O)OC2C=C1. The quantitative estimate of drug-likeness (QED) is 0.560. The summed E-state index contributed by atoms with van der Waals surface area (Å²) in [4.78, 5) is 10.7. The first-order valence-corrected chi connectivity index (χ1v) is 3.59. The monoisotopic (exact) mass is 151 g/mol. The van der Waals surface area contributed by atoms with E-state index < -0.39 is 0 Å². The standard InChI is InChI=1S/C8H9NO2/c1-5-2-3-7-6(4-5)9-8(10)11-7/h2-4,6-7H,1H3,(H,9,10). The van der Waals surface area contributed by atoms with E-state index in [0.29, 0.717) is 0 Å². The van der Waals surface area contributed by atoms with Crippen molar-refractivity contribution in [2.75, 3.05) is 0 Å².